The Labute approximate surface area is 314 Å². The average molecular weight is 689 g/mol. The third-order valence-electron chi connectivity index (χ3n) is 13.5. The van der Waals surface area contributed by atoms with Crippen molar-refractivity contribution >= 4 is 34.9 Å². The lowest BCUT2D eigenvalue weighted by Crippen LogP contribution is -2.41. The van der Waals surface area contributed by atoms with Crippen LogP contribution in [-0.4, -0.2) is 46.1 Å². The van der Waals surface area contributed by atoms with Crippen LogP contribution in [0.3, 0.4) is 0 Å². The SMILES string of the molecule is CB(C(C)C(C)C)C(C)C(C)C.CB1C2CCCC1CCC2.CB1OC(C)(C)C(C)(C)O1.CB1Oc2ccccc2O1.C[B]C1CCCCC1. The first-order valence-electron chi connectivity index (χ1n) is 21.0. The molecule has 2 bridgehead atoms. The second-order valence-electron chi connectivity index (χ2n) is 18.1. The predicted molar refractivity (Wildman–Crippen MR) is 227 cm³/mol. The normalized spacial score (nSPS) is 24.3. The molecule has 1 aliphatic carbocycles. The molecular formula is C41H78B5O4. The molecule has 1 saturated carbocycles. The maximum absolute atomic E-state index is 5.54. The molecule has 0 amide bonds. The van der Waals surface area contributed by atoms with Crippen molar-refractivity contribution in [1.29, 1.82) is 0 Å². The molecule has 1 radical (unpaired) electrons. The quantitative estimate of drug-likeness (QED) is 0.289. The van der Waals surface area contributed by atoms with Gasteiger partial charge in [-0.05, 0) is 53.5 Å². The van der Waals surface area contributed by atoms with Crippen LogP contribution < -0.4 is 9.31 Å². The highest BCUT2D eigenvalue weighted by Gasteiger charge is 2.48. The molecule has 5 aliphatic rings. The van der Waals surface area contributed by atoms with Crippen molar-refractivity contribution < 1.29 is 18.6 Å². The highest BCUT2D eigenvalue weighted by atomic mass is 16.7. The van der Waals surface area contributed by atoms with Crippen LogP contribution in [0, 0.1) is 11.8 Å². The smallest absolute Gasteiger partial charge is 0.523 e. The van der Waals surface area contributed by atoms with E-state index in [1.807, 2.05) is 37.9 Å². The Morgan fingerprint density at radius 1 is 0.640 bits per heavy atom. The summed E-state index contributed by atoms with van der Waals surface area (Å²) >= 11 is 0. The largest absolute Gasteiger partial charge is 0.591 e. The Balaban J connectivity index is 0.000000218. The van der Waals surface area contributed by atoms with Gasteiger partial charge in [-0.1, -0.05) is 186 Å². The van der Waals surface area contributed by atoms with Gasteiger partial charge in [-0.2, -0.15) is 0 Å². The molecule has 0 spiro atoms. The van der Waals surface area contributed by atoms with E-state index in [0.717, 1.165) is 65.8 Å². The molecule has 4 fully saturated rings. The first-order chi connectivity index (χ1) is 23.4. The second kappa shape index (κ2) is 21.7. The Kier molecular flexibility index (Phi) is 19.6. The Bertz CT molecular complexity index is 986. The van der Waals surface area contributed by atoms with E-state index in [-0.39, 0.29) is 25.4 Å². The lowest BCUT2D eigenvalue weighted by molar-refractivity contribution is 0.00578. The van der Waals surface area contributed by atoms with Gasteiger partial charge >= 0.3 is 14.2 Å². The fourth-order valence-electron chi connectivity index (χ4n) is 8.33. The zero-order valence-corrected chi connectivity index (χ0v) is 35.6. The number of hydrogen-bond acceptors (Lipinski definition) is 4. The monoisotopic (exact) mass is 690 g/mol. The molecule has 3 saturated heterocycles. The first-order valence-corrected chi connectivity index (χ1v) is 21.0. The molecule has 4 heterocycles. The van der Waals surface area contributed by atoms with Crippen molar-refractivity contribution in [3.05, 3.63) is 24.3 Å². The molecule has 2 unspecified atom stereocenters. The summed E-state index contributed by atoms with van der Waals surface area (Å²) in [6, 6.07) is 7.66. The fourth-order valence-corrected chi connectivity index (χ4v) is 8.33. The zero-order chi connectivity index (χ0) is 37.6. The van der Waals surface area contributed by atoms with Gasteiger partial charge in [0.15, 0.2) is 0 Å². The van der Waals surface area contributed by atoms with Crippen molar-refractivity contribution in [2.75, 3.05) is 0 Å². The third kappa shape index (κ3) is 14.5. The molecule has 0 N–H and O–H groups in total. The van der Waals surface area contributed by atoms with Crippen molar-refractivity contribution in [3.63, 3.8) is 0 Å². The van der Waals surface area contributed by atoms with Crippen molar-refractivity contribution in [2.24, 2.45) is 11.8 Å². The zero-order valence-electron chi connectivity index (χ0n) is 35.6. The highest BCUT2D eigenvalue weighted by Crippen LogP contribution is 2.46. The maximum Gasteiger partial charge on any atom is 0.591 e. The van der Waals surface area contributed by atoms with Gasteiger partial charge in [-0.15, -0.1) is 0 Å². The molecule has 0 aromatic heterocycles. The molecule has 4 nitrogen and oxygen atoms in total. The summed E-state index contributed by atoms with van der Waals surface area (Å²) in [5.74, 6) is 8.22. The minimum atomic E-state index is -0.160. The summed E-state index contributed by atoms with van der Waals surface area (Å²) in [5.41, 5.74) is -0.321. The standard InChI is InChI=1S/C11H25B.C9H17B.C7H7BO2.C7H15BO2.C7H14B/c1-8(2)10(5)12(7)11(6)9(3)4;1-10-8-4-2-5-9(10)7-3-6-8;1-8-9-6-4-2-3-5-7(6)10-8;1-6(2)7(3,4)10-8(5)9-6;1-8-7-5-3-2-4-6-7/h8-11H,1-7H3;8-9H,2-7H2,1H3;2-5H,1H3;1-5H3;7H,2-6H2,1H3. The summed E-state index contributed by atoms with van der Waals surface area (Å²) in [4.78, 5) is 0. The number of para-hydroxylation sites is 2. The Morgan fingerprint density at radius 3 is 1.32 bits per heavy atom. The minimum Gasteiger partial charge on any atom is -0.523 e. The van der Waals surface area contributed by atoms with Gasteiger partial charge in [-0.3, -0.25) is 0 Å². The number of fused-ring (bicyclic) bond motifs is 3. The van der Waals surface area contributed by atoms with Crippen LogP contribution in [0.1, 0.15) is 140 Å². The Hall–Kier alpha value is -0.935. The summed E-state index contributed by atoms with van der Waals surface area (Å²) in [6.45, 7) is 35.1. The van der Waals surface area contributed by atoms with Crippen LogP contribution >= 0.6 is 0 Å². The van der Waals surface area contributed by atoms with E-state index in [0.29, 0.717) is 0 Å². The average Bonchev–Trinajstić information content (AvgIpc) is 3.53. The molecule has 6 rings (SSSR count). The van der Waals surface area contributed by atoms with Gasteiger partial charge in [0.1, 0.15) is 32.2 Å². The molecule has 281 valence electrons. The maximum atomic E-state index is 5.54. The van der Waals surface area contributed by atoms with Crippen LogP contribution in [-0.2, 0) is 9.31 Å². The van der Waals surface area contributed by atoms with Gasteiger partial charge in [0.2, 0.25) is 0 Å². The van der Waals surface area contributed by atoms with Crippen LogP contribution in [0.15, 0.2) is 24.3 Å². The molecule has 9 heteroatoms. The number of hydrogen-bond donors (Lipinski definition) is 0. The van der Waals surface area contributed by atoms with Gasteiger partial charge in [0, 0.05) is 0 Å². The van der Waals surface area contributed by atoms with E-state index in [4.69, 9.17) is 18.6 Å². The van der Waals surface area contributed by atoms with Gasteiger partial charge in [-0.25, -0.2) is 0 Å². The van der Waals surface area contributed by atoms with E-state index < -0.39 is 0 Å². The van der Waals surface area contributed by atoms with Crippen LogP contribution in [0.4, 0.5) is 0 Å². The number of benzene rings is 1. The van der Waals surface area contributed by atoms with E-state index in [1.165, 1.54) is 70.6 Å². The predicted octanol–water partition coefficient (Wildman–Crippen LogP) is 13.2. The Morgan fingerprint density at radius 2 is 1.04 bits per heavy atom. The number of rotatable bonds is 5. The van der Waals surface area contributed by atoms with E-state index in [2.05, 4.69) is 97.0 Å². The lowest BCUT2D eigenvalue weighted by Gasteiger charge is -2.38. The first kappa shape index (κ1) is 45.2. The van der Waals surface area contributed by atoms with E-state index in [9.17, 15) is 0 Å². The van der Waals surface area contributed by atoms with Gasteiger partial charge in [0.25, 0.3) is 0 Å². The topological polar surface area (TPSA) is 36.9 Å². The molecule has 50 heavy (non-hydrogen) atoms. The van der Waals surface area contributed by atoms with Gasteiger partial charge in [0.05, 0.1) is 11.2 Å². The minimum absolute atomic E-state index is 0.0648. The molecule has 1 aromatic rings. The van der Waals surface area contributed by atoms with E-state index in [1.54, 1.807) is 0 Å². The highest BCUT2D eigenvalue weighted by molar-refractivity contribution is 6.61. The summed E-state index contributed by atoms with van der Waals surface area (Å²) < 4.78 is 21.7. The second-order valence-corrected chi connectivity index (χ2v) is 18.1. The van der Waals surface area contributed by atoms with Crippen molar-refractivity contribution in [2.45, 2.75) is 214 Å². The molecule has 1 aromatic carbocycles. The van der Waals surface area contributed by atoms with Crippen molar-refractivity contribution in [3.8, 4) is 11.5 Å². The summed E-state index contributed by atoms with van der Waals surface area (Å²) in [6.07, 6.45) is 16.5. The lowest BCUT2D eigenvalue weighted by atomic mass is 9.29. The van der Waals surface area contributed by atoms with E-state index >= 15 is 0 Å². The van der Waals surface area contributed by atoms with Crippen LogP contribution in [0.25, 0.3) is 0 Å². The van der Waals surface area contributed by atoms with Crippen molar-refractivity contribution in [1.82, 2.24) is 0 Å². The summed E-state index contributed by atoms with van der Waals surface area (Å²) in [7, 11) is 2.17. The van der Waals surface area contributed by atoms with Crippen LogP contribution in [0.2, 0.25) is 63.2 Å². The summed E-state index contributed by atoms with van der Waals surface area (Å²) in [5, 5.41) is 0. The van der Waals surface area contributed by atoms with Gasteiger partial charge < -0.3 is 18.6 Å². The third-order valence-corrected chi connectivity index (χ3v) is 13.5. The molecule has 2 atom stereocenters. The molecule has 4 aliphatic heterocycles. The fraction of sp³-hybridized carbons (Fsp3) is 0.854. The van der Waals surface area contributed by atoms with Crippen LogP contribution in [0.5, 0.6) is 11.5 Å². The molecular weight excluding hydrogens is 611 g/mol.